The van der Waals surface area contributed by atoms with E-state index in [4.69, 9.17) is 0 Å². The van der Waals surface area contributed by atoms with Gasteiger partial charge >= 0.3 is 0 Å². The first-order valence-electron chi connectivity index (χ1n) is 5.24. The van der Waals surface area contributed by atoms with Gasteiger partial charge in [0.05, 0.1) is 15.9 Å². The Morgan fingerprint density at radius 2 is 1.89 bits per heavy atom. The van der Waals surface area contributed by atoms with Crippen LogP contribution in [0.5, 0.6) is 0 Å². The molecule has 0 aliphatic heterocycles. The summed E-state index contributed by atoms with van der Waals surface area (Å²) in [6.45, 7) is 0. The summed E-state index contributed by atoms with van der Waals surface area (Å²) in [6, 6.07) is 3.45. The van der Waals surface area contributed by atoms with Crippen LogP contribution in [-0.2, 0) is 0 Å². The lowest BCUT2D eigenvalue weighted by Crippen LogP contribution is -2.04. The molecule has 1 aliphatic rings. The Labute approximate surface area is 107 Å². The molecule has 1 radical (unpaired) electrons. The summed E-state index contributed by atoms with van der Waals surface area (Å²) < 4.78 is 0. The van der Waals surface area contributed by atoms with Gasteiger partial charge in [-0.05, 0) is 24.3 Å². The van der Waals surface area contributed by atoms with Gasteiger partial charge < -0.3 is 5.32 Å². The average molecular weight is 258 g/mol. The zero-order valence-electron chi connectivity index (χ0n) is 9.57. The standard InChI is InChI=1S/C12H8N3O4/c16-14(17)10-6-7-11(12(8-10)15(18)19)13-9-4-2-1-3-5-9/h2-8,13H. The molecule has 0 amide bonds. The van der Waals surface area contributed by atoms with Crippen LogP contribution >= 0.6 is 0 Å². The van der Waals surface area contributed by atoms with Crippen molar-refractivity contribution in [1.82, 2.24) is 0 Å². The maximum absolute atomic E-state index is 10.9. The van der Waals surface area contributed by atoms with Crippen molar-refractivity contribution in [3.8, 4) is 0 Å². The maximum Gasteiger partial charge on any atom is 0.299 e. The van der Waals surface area contributed by atoms with E-state index in [0.717, 1.165) is 6.07 Å². The molecule has 95 valence electrons. The fraction of sp³-hybridized carbons (Fsp3) is 0. The molecule has 1 aromatic rings. The van der Waals surface area contributed by atoms with Crippen LogP contribution in [0.25, 0.3) is 0 Å². The van der Waals surface area contributed by atoms with Crippen LogP contribution in [-0.4, -0.2) is 9.85 Å². The Morgan fingerprint density at radius 3 is 2.47 bits per heavy atom. The Hall–Kier alpha value is -2.92. The largest absolute Gasteiger partial charge is 0.353 e. The molecule has 0 saturated heterocycles. The van der Waals surface area contributed by atoms with Gasteiger partial charge in [-0.1, -0.05) is 0 Å². The molecule has 0 aromatic heterocycles. The van der Waals surface area contributed by atoms with E-state index >= 15 is 0 Å². The molecule has 0 bridgehead atoms. The lowest BCUT2D eigenvalue weighted by atomic mass is 10.2. The van der Waals surface area contributed by atoms with Crippen molar-refractivity contribution in [1.29, 1.82) is 0 Å². The SMILES string of the molecule is O=[N+]([O-])c1ccc(NC2=CC=C=C[CH]2)c([N+](=O)[O-])c1. The van der Waals surface area contributed by atoms with Crippen LogP contribution in [0.15, 0.2) is 47.9 Å². The number of rotatable bonds is 4. The van der Waals surface area contributed by atoms with Gasteiger partial charge in [-0.15, -0.1) is 5.73 Å². The quantitative estimate of drug-likeness (QED) is 0.508. The number of nitrogens with one attached hydrogen (secondary N) is 1. The first-order valence-corrected chi connectivity index (χ1v) is 5.24. The van der Waals surface area contributed by atoms with Crippen LogP contribution in [0.2, 0.25) is 0 Å². The van der Waals surface area contributed by atoms with Gasteiger partial charge in [0, 0.05) is 18.2 Å². The number of hydrogen-bond acceptors (Lipinski definition) is 5. The highest BCUT2D eigenvalue weighted by atomic mass is 16.6. The molecular weight excluding hydrogens is 250 g/mol. The Kier molecular flexibility index (Phi) is 3.40. The fourth-order valence-electron chi connectivity index (χ4n) is 1.52. The highest BCUT2D eigenvalue weighted by molar-refractivity contribution is 5.68. The second-order valence-corrected chi connectivity index (χ2v) is 3.63. The van der Waals surface area contributed by atoms with E-state index < -0.39 is 9.85 Å². The normalized spacial score (nSPS) is 12.9. The molecule has 7 nitrogen and oxygen atoms in total. The summed E-state index contributed by atoms with van der Waals surface area (Å²) in [5.41, 5.74) is 2.98. The van der Waals surface area contributed by atoms with E-state index in [0.29, 0.717) is 5.70 Å². The third kappa shape index (κ3) is 2.85. The number of anilines is 1. The number of nitro groups is 2. The summed E-state index contributed by atoms with van der Waals surface area (Å²) in [5.74, 6) is 0. The molecule has 1 aliphatic carbocycles. The third-order valence-corrected chi connectivity index (χ3v) is 2.39. The highest BCUT2D eigenvalue weighted by Crippen LogP contribution is 2.30. The Bertz CT molecular complexity index is 642. The molecule has 19 heavy (non-hydrogen) atoms. The molecule has 0 heterocycles. The van der Waals surface area contributed by atoms with Crippen LogP contribution in [0, 0.1) is 26.6 Å². The summed E-state index contributed by atoms with van der Waals surface area (Å²) in [4.78, 5) is 20.2. The van der Waals surface area contributed by atoms with Crippen molar-refractivity contribution in [2.75, 3.05) is 5.32 Å². The molecular formula is C12H8N3O4. The van der Waals surface area contributed by atoms with E-state index in [2.05, 4.69) is 11.0 Å². The van der Waals surface area contributed by atoms with Crippen molar-refractivity contribution < 1.29 is 9.85 Å². The molecule has 0 spiro atoms. The first-order chi connectivity index (χ1) is 9.08. The second-order valence-electron chi connectivity index (χ2n) is 3.63. The fourth-order valence-corrected chi connectivity index (χ4v) is 1.52. The predicted octanol–water partition coefficient (Wildman–Crippen LogP) is 2.73. The van der Waals surface area contributed by atoms with Gasteiger partial charge in [-0.3, -0.25) is 20.2 Å². The van der Waals surface area contributed by atoms with Crippen molar-refractivity contribution in [3.05, 3.63) is 74.5 Å². The van der Waals surface area contributed by atoms with E-state index in [9.17, 15) is 20.2 Å². The van der Waals surface area contributed by atoms with Crippen molar-refractivity contribution in [2.24, 2.45) is 0 Å². The van der Waals surface area contributed by atoms with Gasteiger partial charge in [0.1, 0.15) is 5.69 Å². The van der Waals surface area contributed by atoms with Gasteiger partial charge in [-0.2, -0.15) is 0 Å². The molecule has 7 heteroatoms. The lowest BCUT2D eigenvalue weighted by Gasteiger charge is -2.09. The summed E-state index contributed by atoms with van der Waals surface area (Å²) in [6.07, 6.45) is 6.68. The molecule has 1 aromatic carbocycles. The predicted molar refractivity (Wildman–Crippen MR) is 68.4 cm³/mol. The zero-order chi connectivity index (χ0) is 13.8. The topological polar surface area (TPSA) is 98.3 Å². The third-order valence-electron chi connectivity index (χ3n) is 2.39. The summed E-state index contributed by atoms with van der Waals surface area (Å²) in [5, 5.41) is 24.4. The molecule has 2 rings (SSSR count). The lowest BCUT2D eigenvalue weighted by molar-refractivity contribution is -0.393. The monoisotopic (exact) mass is 258 g/mol. The van der Waals surface area contributed by atoms with Crippen molar-refractivity contribution >= 4 is 17.1 Å². The van der Waals surface area contributed by atoms with Gasteiger partial charge in [0.25, 0.3) is 11.4 Å². The van der Waals surface area contributed by atoms with Crippen molar-refractivity contribution in [2.45, 2.75) is 0 Å². The van der Waals surface area contributed by atoms with Gasteiger partial charge in [0.15, 0.2) is 0 Å². The maximum atomic E-state index is 10.9. The van der Waals surface area contributed by atoms with Crippen LogP contribution in [0.3, 0.4) is 0 Å². The second kappa shape index (κ2) is 5.16. The Balaban J connectivity index is 2.34. The van der Waals surface area contributed by atoms with Crippen LogP contribution in [0.4, 0.5) is 17.1 Å². The van der Waals surface area contributed by atoms with E-state index in [1.165, 1.54) is 12.1 Å². The number of nitro benzene ring substituents is 2. The van der Waals surface area contributed by atoms with Gasteiger partial charge in [-0.25, -0.2) is 0 Å². The smallest absolute Gasteiger partial charge is 0.299 e. The minimum absolute atomic E-state index is 0.196. The minimum Gasteiger partial charge on any atom is -0.353 e. The van der Waals surface area contributed by atoms with Crippen LogP contribution < -0.4 is 5.32 Å². The molecule has 0 atom stereocenters. The average Bonchev–Trinajstić information content (AvgIpc) is 2.39. The van der Waals surface area contributed by atoms with E-state index in [1.807, 2.05) is 0 Å². The molecule has 0 fully saturated rings. The molecule has 1 N–H and O–H groups in total. The highest BCUT2D eigenvalue weighted by Gasteiger charge is 2.19. The van der Waals surface area contributed by atoms with Gasteiger partial charge in [0.2, 0.25) is 0 Å². The van der Waals surface area contributed by atoms with Crippen molar-refractivity contribution in [3.63, 3.8) is 0 Å². The molecule has 0 saturated carbocycles. The van der Waals surface area contributed by atoms with Crippen LogP contribution in [0.1, 0.15) is 0 Å². The number of allylic oxidation sites excluding steroid dienone is 2. The Morgan fingerprint density at radius 1 is 1.11 bits per heavy atom. The zero-order valence-corrected chi connectivity index (χ0v) is 9.57. The first kappa shape index (κ1) is 12.5. The number of nitrogens with zero attached hydrogens (tertiary/aromatic N) is 2. The number of benzene rings is 1. The van der Waals surface area contributed by atoms with E-state index in [1.54, 1.807) is 24.6 Å². The number of non-ortho nitro benzene ring substituents is 1. The molecule has 0 unspecified atom stereocenters. The summed E-state index contributed by atoms with van der Waals surface area (Å²) >= 11 is 0. The van der Waals surface area contributed by atoms with E-state index in [-0.39, 0.29) is 17.1 Å². The summed E-state index contributed by atoms with van der Waals surface area (Å²) in [7, 11) is 0. The minimum atomic E-state index is -0.672. The number of hydrogen-bond donors (Lipinski definition) is 1.